The van der Waals surface area contributed by atoms with E-state index in [1.54, 1.807) is 12.3 Å². The lowest BCUT2D eigenvalue weighted by atomic mass is 10.3. The van der Waals surface area contributed by atoms with E-state index in [-0.39, 0.29) is 5.82 Å². The summed E-state index contributed by atoms with van der Waals surface area (Å²) < 4.78 is 19.2. The first-order valence-electron chi connectivity index (χ1n) is 5.42. The van der Waals surface area contributed by atoms with Gasteiger partial charge < -0.3 is 9.73 Å². The monoisotopic (exact) mass is 263 g/mol. The van der Waals surface area contributed by atoms with E-state index in [0.717, 1.165) is 21.1 Å². The highest BCUT2D eigenvalue weighted by Crippen LogP contribution is 2.26. The fourth-order valence-electron chi connectivity index (χ4n) is 1.61. The van der Waals surface area contributed by atoms with Crippen LogP contribution in [0.1, 0.15) is 11.7 Å². The molecule has 0 bridgehead atoms. The molecule has 3 rings (SSSR count). The van der Waals surface area contributed by atoms with Crippen molar-refractivity contribution in [2.45, 2.75) is 13.5 Å². The van der Waals surface area contributed by atoms with Gasteiger partial charge in [-0.05, 0) is 25.1 Å². The largest absolute Gasteiger partial charge is 0.444 e. The lowest BCUT2D eigenvalue weighted by Gasteiger charge is -1.96. The molecule has 0 radical (unpaired) electrons. The van der Waals surface area contributed by atoms with E-state index in [0.29, 0.717) is 12.4 Å². The van der Waals surface area contributed by atoms with E-state index in [4.69, 9.17) is 4.42 Å². The minimum atomic E-state index is -0.249. The summed E-state index contributed by atoms with van der Waals surface area (Å²) in [6.45, 7) is 2.31. The van der Waals surface area contributed by atoms with Crippen LogP contribution in [-0.2, 0) is 6.54 Å². The van der Waals surface area contributed by atoms with Gasteiger partial charge in [0, 0.05) is 0 Å². The van der Waals surface area contributed by atoms with Crippen molar-refractivity contribution in [2.24, 2.45) is 0 Å². The fraction of sp³-hybridized carbons (Fsp3) is 0.167. The van der Waals surface area contributed by atoms with Crippen LogP contribution in [0.3, 0.4) is 0 Å². The first-order chi connectivity index (χ1) is 8.70. The molecule has 0 unspecified atom stereocenters. The van der Waals surface area contributed by atoms with Crippen LogP contribution in [0, 0.1) is 12.7 Å². The van der Waals surface area contributed by atoms with Gasteiger partial charge in [-0.1, -0.05) is 11.3 Å². The number of thiazole rings is 1. The second kappa shape index (κ2) is 4.38. The molecule has 6 heteroatoms. The van der Waals surface area contributed by atoms with Crippen LogP contribution < -0.4 is 5.32 Å². The Morgan fingerprint density at radius 1 is 1.44 bits per heavy atom. The van der Waals surface area contributed by atoms with Crippen molar-refractivity contribution in [2.75, 3.05) is 5.32 Å². The molecule has 0 aliphatic heterocycles. The third-order valence-corrected chi connectivity index (χ3v) is 3.39. The number of rotatable bonds is 3. The van der Waals surface area contributed by atoms with E-state index in [2.05, 4.69) is 15.3 Å². The van der Waals surface area contributed by atoms with Gasteiger partial charge in [-0.25, -0.2) is 14.4 Å². The minimum Gasteiger partial charge on any atom is -0.444 e. The quantitative estimate of drug-likeness (QED) is 0.787. The molecule has 0 saturated carbocycles. The molecule has 0 atom stereocenters. The Balaban J connectivity index is 1.78. The molecule has 0 fully saturated rings. The van der Waals surface area contributed by atoms with E-state index in [1.165, 1.54) is 23.5 Å². The smallest absolute Gasteiger partial charge is 0.213 e. The summed E-state index contributed by atoms with van der Waals surface area (Å²) >= 11 is 1.41. The van der Waals surface area contributed by atoms with Gasteiger partial charge in [0.2, 0.25) is 5.89 Å². The summed E-state index contributed by atoms with van der Waals surface area (Å²) in [4.78, 5) is 8.43. The Labute approximate surface area is 106 Å². The molecule has 0 spiro atoms. The van der Waals surface area contributed by atoms with Crippen LogP contribution in [0.5, 0.6) is 0 Å². The number of halogens is 1. The van der Waals surface area contributed by atoms with Crippen LogP contribution in [0.2, 0.25) is 0 Å². The lowest BCUT2D eigenvalue weighted by molar-refractivity contribution is 0.479. The zero-order valence-electron chi connectivity index (χ0n) is 9.61. The van der Waals surface area contributed by atoms with Crippen molar-refractivity contribution in [1.82, 2.24) is 9.97 Å². The van der Waals surface area contributed by atoms with Gasteiger partial charge >= 0.3 is 0 Å². The number of hydrogen-bond donors (Lipinski definition) is 1. The molecule has 3 aromatic rings. The van der Waals surface area contributed by atoms with Gasteiger partial charge in [-0.2, -0.15) is 0 Å². The fourth-order valence-corrected chi connectivity index (χ4v) is 2.49. The number of anilines is 1. The van der Waals surface area contributed by atoms with Gasteiger partial charge in [0.05, 0.1) is 23.0 Å². The average Bonchev–Trinajstić information content (AvgIpc) is 2.92. The van der Waals surface area contributed by atoms with Gasteiger partial charge in [0.1, 0.15) is 11.6 Å². The Kier molecular flexibility index (Phi) is 2.71. The molecule has 0 saturated heterocycles. The third kappa shape index (κ3) is 2.19. The maximum absolute atomic E-state index is 13.0. The average molecular weight is 263 g/mol. The van der Waals surface area contributed by atoms with Crippen LogP contribution >= 0.6 is 11.3 Å². The summed E-state index contributed by atoms with van der Waals surface area (Å²) in [7, 11) is 0. The molecular formula is C12H10FN3OS. The van der Waals surface area contributed by atoms with Gasteiger partial charge in [-0.3, -0.25) is 0 Å². The van der Waals surface area contributed by atoms with Gasteiger partial charge in [0.15, 0.2) is 5.13 Å². The van der Waals surface area contributed by atoms with E-state index in [1.807, 2.05) is 6.92 Å². The number of fused-ring (bicyclic) bond motifs is 1. The molecule has 1 aromatic carbocycles. The molecule has 92 valence electrons. The number of aromatic nitrogens is 2. The zero-order valence-corrected chi connectivity index (χ0v) is 10.4. The van der Waals surface area contributed by atoms with Crippen molar-refractivity contribution >= 4 is 26.7 Å². The molecule has 2 aromatic heterocycles. The van der Waals surface area contributed by atoms with Gasteiger partial charge in [0.25, 0.3) is 0 Å². The molecule has 0 aliphatic carbocycles. The Morgan fingerprint density at radius 3 is 3.11 bits per heavy atom. The standard InChI is InChI=1S/C12H10FN3OS/c1-7-5-14-11(17-7)6-15-12-16-9-3-2-8(13)4-10(9)18-12/h2-5H,6H2,1H3,(H,15,16). The zero-order chi connectivity index (χ0) is 12.5. The molecule has 0 aliphatic rings. The number of aryl methyl sites for hydroxylation is 1. The van der Waals surface area contributed by atoms with E-state index >= 15 is 0 Å². The maximum Gasteiger partial charge on any atom is 0.213 e. The summed E-state index contributed by atoms with van der Waals surface area (Å²) in [5, 5.41) is 3.84. The summed E-state index contributed by atoms with van der Waals surface area (Å²) in [5.74, 6) is 1.14. The summed E-state index contributed by atoms with van der Waals surface area (Å²) in [6.07, 6.45) is 1.67. The molecule has 2 heterocycles. The maximum atomic E-state index is 13.0. The highest BCUT2D eigenvalue weighted by molar-refractivity contribution is 7.22. The van der Waals surface area contributed by atoms with Crippen LogP contribution in [0.25, 0.3) is 10.2 Å². The Morgan fingerprint density at radius 2 is 2.33 bits per heavy atom. The van der Waals surface area contributed by atoms with Crippen molar-refractivity contribution in [3.63, 3.8) is 0 Å². The van der Waals surface area contributed by atoms with Crippen LogP contribution in [0.4, 0.5) is 9.52 Å². The number of nitrogens with zero attached hydrogens (tertiary/aromatic N) is 2. The predicted octanol–water partition coefficient (Wildman–Crippen LogP) is 3.34. The van der Waals surface area contributed by atoms with Crippen molar-refractivity contribution in [3.8, 4) is 0 Å². The van der Waals surface area contributed by atoms with Crippen LogP contribution in [0.15, 0.2) is 28.8 Å². The molecule has 18 heavy (non-hydrogen) atoms. The highest BCUT2D eigenvalue weighted by Gasteiger charge is 2.06. The van der Waals surface area contributed by atoms with E-state index < -0.39 is 0 Å². The van der Waals surface area contributed by atoms with Crippen LogP contribution in [-0.4, -0.2) is 9.97 Å². The number of oxazole rings is 1. The molecule has 0 amide bonds. The Hall–Kier alpha value is -1.95. The second-order valence-corrected chi connectivity index (χ2v) is 4.88. The topological polar surface area (TPSA) is 51.0 Å². The third-order valence-electron chi connectivity index (χ3n) is 2.41. The predicted molar refractivity (Wildman–Crippen MR) is 68.1 cm³/mol. The number of benzene rings is 1. The lowest BCUT2D eigenvalue weighted by Crippen LogP contribution is -1.98. The number of nitrogens with one attached hydrogen (secondary N) is 1. The first kappa shape index (κ1) is 11.2. The SMILES string of the molecule is Cc1cnc(CNc2nc3ccc(F)cc3s2)o1. The highest BCUT2D eigenvalue weighted by atomic mass is 32.1. The van der Waals surface area contributed by atoms with Crippen molar-refractivity contribution in [1.29, 1.82) is 0 Å². The Bertz CT molecular complexity index is 692. The molecule has 1 N–H and O–H groups in total. The number of hydrogen-bond acceptors (Lipinski definition) is 5. The van der Waals surface area contributed by atoms with Crippen molar-refractivity contribution < 1.29 is 8.81 Å². The van der Waals surface area contributed by atoms with Crippen molar-refractivity contribution in [3.05, 3.63) is 41.9 Å². The van der Waals surface area contributed by atoms with Gasteiger partial charge in [-0.15, -0.1) is 0 Å². The van der Waals surface area contributed by atoms with E-state index in [9.17, 15) is 4.39 Å². The summed E-state index contributed by atoms with van der Waals surface area (Å²) in [5.41, 5.74) is 0.785. The minimum absolute atomic E-state index is 0.249. The summed E-state index contributed by atoms with van der Waals surface area (Å²) in [6, 6.07) is 4.55. The normalized spacial score (nSPS) is 11.0. The first-order valence-corrected chi connectivity index (χ1v) is 6.23. The molecule has 4 nitrogen and oxygen atoms in total. The second-order valence-electron chi connectivity index (χ2n) is 3.85. The molecular weight excluding hydrogens is 253 g/mol.